The Bertz CT molecular complexity index is 451. The zero-order chi connectivity index (χ0) is 14.5. The standard InChI is InChI=1S/C17H23O3S.Cs/c1-13-9-17(20-11-13)21-16-4-2-3-15(10-16)19-12-14-5-7-18-8-6-14;/h2-4,10-11,13-14,17H,5-9,12H2,1H3;/q-1;+1/t13-,17?;/m1./s1. The molecule has 116 valence electrons. The number of hydrogen-bond donors (Lipinski definition) is 0. The van der Waals surface area contributed by atoms with Crippen LogP contribution < -0.4 is 73.6 Å². The van der Waals surface area contributed by atoms with Crippen LogP contribution in [0.25, 0.3) is 0 Å². The first-order chi connectivity index (χ1) is 10.3. The van der Waals surface area contributed by atoms with Gasteiger partial charge in [0, 0.05) is 18.1 Å². The Balaban J connectivity index is 0.00000176. The molecule has 0 N–H and O–H groups in total. The SMILES string of the molecule is C[C@H]1[CH-]OC(Sc2cccc(OCC3CCOCC3)c2)C1.[Cs+]. The van der Waals surface area contributed by atoms with E-state index in [1.165, 1.54) is 4.90 Å². The molecule has 0 amide bonds. The third kappa shape index (κ3) is 6.33. The van der Waals surface area contributed by atoms with Crippen molar-refractivity contribution in [1.82, 2.24) is 0 Å². The van der Waals surface area contributed by atoms with Crippen molar-refractivity contribution in [2.75, 3.05) is 19.8 Å². The minimum Gasteiger partial charge on any atom is -0.542 e. The molecule has 0 aliphatic carbocycles. The molecule has 0 radical (unpaired) electrons. The Labute approximate surface area is 196 Å². The van der Waals surface area contributed by atoms with Crippen LogP contribution in [-0.4, -0.2) is 25.3 Å². The van der Waals surface area contributed by atoms with Gasteiger partial charge in [0.1, 0.15) is 5.75 Å². The average Bonchev–Trinajstić information content (AvgIpc) is 2.92. The topological polar surface area (TPSA) is 27.7 Å². The second kappa shape index (κ2) is 10.4. The largest absolute Gasteiger partial charge is 1.00 e. The van der Waals surface area contributed by atoms with Gasteiger partial charge in [-0.25, -0.2) is 6.61 Å². The van der Waals surface area contributed by atoms with Crippen LogP contribution in [0.4, 0.5) is 0 Å². The van der Waals surface area contributed by atoms with Crippen LogP contribution in [0.1, 0.15) is 26.2 Å². The molecule has 1 aromatic carbocycles. The molecule has 1 unspecified atom stereocenters. The monoisotopic (exact) mass is 440 g/mol. The molecule has 3 rings (SSSR count). The molecule has 2 aliphatic rings. The zero-order valence-electron chi connectivity index (χ0n) is 13.5. The van der Waals surface area contributed by atoms with Crippen LogP contribution in [0.15, 0.2) is 29.2 Å². The third-order valence-corrected chi connectivity index (χ3v) is 5.02. The predicted molar refractivity (Wildman–Crippen MR) is 84.3 cm³/mol. The molecule has 2 saturated heterocycles. The van der Waals surface area contributed by atoms with Gasteiger partial charge in [0.2, 0.25) is 0 Å². The van der Waals surface area contributed by atoms with Gasteiger partial charge in [0.15, 0.2) is 0 Å². The second-order valence-corrected chi connectivity index (χ2v) is 7.11. The maximum absolute atomic E-state index is 5.95. The van der Waals surface area contributed by atoms with Gasteiger partial charge in [-0.05, 0) is 43.4 Å². The van der Waals surface area contributed by atoms with E-state index in [-0.39, 0.29) is 74.3 Å². The predicted octanol–water partition coefficient (Wildman–Crippen LogP) is 1.13. The molecule has 0 bridgehead atoms. The quantitative estimate of drug-likeness (QED) is 0.642. The molecule has 0 saturated carbocycles. The summed E-state index contributed by atoms with van der Waals surface area (Å²) in [6.07, 6.45) is 3.30. The Morgan fingerprint density at radius 3 is 2.86 bits per heavy atom. The van der Waals surface area contributed by atoms with Crippen molar-refractivity contribution in [3.05, 3.63) is 30.9 Å². The van der Waals surface area contributed by atoms with Crippen molar-refractivity contribution < 1.29 is 83.1 Å². The van der Waals surface area contributed by atoms with Crippen LogP contribution in [0.2, 0.25) is 0 Å². The van der Waals surface area contributed by atoms with Gasteiger partial charge in [-0.3, -0.25) is 0 Å². The van der Waals surface area contributed by atoms with Crippen molar-refractivity contribution in [1.29, 1.82) is 0 Å². The first-order valence-corrected chi connectivity index (χ1v) is 8.63. The number of rotatable bonds is 5. The van der Waals surface area contributed by atoms with Gasteiger partial charge in [0.25, 0.3) is 0 Å². The van der Waals surface area contributed by atoms with Crippen LogP contribution in [-0.2, 0) is 9.47 Å². The molecule has 0 aromatic heterocycles. The normalized spacial score (nSPS) is 25.7. The molecule has 2 fully saturated rings. The Hall–Kier alpha value is 1.34. The van der Waals surface area contributed by atoms with Gasteiger partial charge in [-0.1, -0.05) is 24.8 Å². The Kier molecular flexibility index (Phi) is 9.26. The van der Waals surface area contributed by atoms with Gasteiger partial charge >= 0.3 is 68.9 Å². The fraction of sp³-hybridized carbons (Fsp3) is 0.588. The fourth-order valence-corrected chi connectivity index (χ4v) is 3.79. The average molecular weight is 440 g/mol. The van der Waals surface area contributed by atoms with Crippen LogP contribution in [0.3, 0.4) is 0 Å². The number of benzene rings is 1. The van der Waals surface area contributed by atoms with Crippen LogP contribution in [0, 0.1) is 18.4 Å². The molecule has 0 spiro atoms. The first kappa shape index (κ1) is 19.7. The Morgan fingerprint density at radius 1 is 1.32 bits per heavy atom. The minimum absolute atomic E-state index is 0. The molecule has 1 aromatic rings. The van der Waals surface area contributed by atoms with E-state index >= 15 is 0 Å². The van der Waals surface area contributed by atoms with E-state index in [1.54, 1.807) is 11.8 Å². The second-order valence-electron chi connectivity index (χ2n) is 5.87. The molecule has 2 heterocycles. The molecule has 2 atom stereocenters. The van der Waals surface area contributed by atoms with Crippen molar-refractivity contribution >= 4 is 11.8 Å². The summed E-state index contributed by atoms with van der Waals surface area (Å²) in [5.74, 6) is 2.14. The molecule has 2 aliphatic heterocycles. The minimum atomic E-state index is 0. The maximum atomic E-state index is 5.95. The third-order valence-electron chi connectivity index (χ3n) is 3.93. The smallest absolute Gasteiger partial charge is 0.542 e. The summed E-state index contributed by atoms with van der Waals surface area (Å²) in [6, 6.07) is 8.34. The van der Waals surface area contributed by atoms with Gasteiger partial charge in [-0.2, -0.15) is 0 Å². The Morgan fingerprint density at radius 2 is 2.14 bits per heavy atom. The summed E-state index contributed by atoms with van der Waals surface area (Å²) in [4.78, 5) is 1.21. The number of ether oxygens (including phenoxy) is 3. The van der Waals surface area contributed by atoms with E-state index < -0.39 is 0 Å². The summed E-state index contributed by atoms with van der Waals surface area (Å²) in [5.41, 5.74) is 0.241. The molecule has 5 heteroatoms. The number of hydrogen-bond acceptors (Lipinski definition) is 4. The zero-order valence-corrected chi connectivity index (χ0v) is 20.6. The molecule has 22 heavy (non-hydrogen) atoms. The summed E-state index contributed by atoms with van der Waals surface area (Å²) in [7, 11) is 0. The van der Waals surface area contributed by atoms with Gasteiger partial charge in [0.05, 0.1) is 12.0 Å². The van der Waals surface area contributed by atoms with E-state index in [0.29, 0.717) is 11.8 Å². The molecule has 3 nitrogen and oxygen atoms in total. The van der Waals surface area contributed by atoms with E-state index in [0.717, 1.165) is 44.8 Å². The number of thioether (sulfide) groups is 1. The van der Waals surface area contributed by atoms with E-state index in [2.05, 4.69) is 25.1 Å². The maximum Gasteiger partial charge on any atom is 1.00 e. The summed E-state index contributed by atoms with van der Waals surface area (Å²) < 4.78 is 17.0. The summed E-state index contributed by atoms with van der Waals surface area (Å²) >= 11 is 1.78. The van der Waals surface area contributed by atoms with Crippen molar-refractivity contribution in [2.45, 2.75) is 36.5 Å². The first-order valence-electron chi connectivity index (χ1n) is 7.75. The summed E-state index contributed by atoms with van der Waals surface area (Å²) in [5, 5.41) is 0. The summed E-state index contributed by atoms with van der Waals surface area (Å²) in [6.45, 7) is 6.68. The van der Waals surface area contributed by atoms with Gasteiger partial charge in [-0.15, -0.1) is 5.92 Å². The van der Waals surface area contributed by atoms with Crippen molar-refractivity contribution in [2.24, 2.45) is 11.8 Å². The van der Waals surface area contributed by atoms with Crippen molar-refractivity contribution in [3.8, 4) is 5.75 Å². The fourth-order valence-electron chi connectivity index (χ4n) is 2.63. The van der Waals surface area contributed by atoms with E-state index in [4.69, 9.17) is 14.2 Å². The van der Waals surface area contributed by atoms with E-state index in [9.17, 15) is 0 Å². The van der Waals surface area contributed by atoms with E-state index in [1.807, 2.05) is 12.7 Å². The van der Waals surface area contributed by atoms with Gasteiger partial charge < -0.3 is 14.2 Å². The van der Waals surface area contributed by atoms with Crippen LogP contribution >= 0.6 is 11.8 Å². The van der Waals surface area contributed by atoms with Crippen LogP contribution in [0.5, 0.6) is 5.75 Å². The molecular formula is C17H23CsO3S. The molecular weight excluding hydrogens is 417 g/mol. The van der Waals surface area contributed by atoms with Crippen molar-refractivity contribution in [3.63, 3.8) is 0 Å².